The van der Waals surface area contributed by atoms with Crippen LogP contribution in [0.2, 0.25) is 0 Å². The standard InChI is InChI=1S/C27H21N3O2/c31-25-23-18-10-11-19-24(23)30(22-16-8-3-9-17-22)26(32)27(25,28-20-12-4-1-5-13-20)29-21-14-6-2-7-15-21/h1-19,28-29H. The van der Waals surface area contributed by atoms with Gasteiger partial charge in [0.1, 0.15) is 0 Å². The van der Waals surface area contributed by atoms with Gasteiger partial charge in [0.15, 0.2) is 0 Å². The maximum Gasteiger partial charge on any atom is 0.286 e. The van der Waals surface area contributed by atoms with Crippen molar-refractivity contribution in [3.8, 4) is 0 Å². The molecule has 0 fully saturated rings. The SMILES string of the molecule is O=C1c2ccccc2N(c2ccccc2)C(=O)C1(Nc1ccccc1)Nc1ccccc1. The Bertz CT molecular complexity index is 1220. The van der Waals surface area contributed by atoms with Crippen LogP contribution in [-0.4, -0.2) is 17.4 Å². The fraction of sp³-hybridized carbons (Fsp3) is 0.0370. The van der Waals surface area contributed by atoms with Crippen LogP contribution in [-0.2, 0) is 4.79 Å². The van der Waals surface area contributed by atoms with E-state index in [2.05, 4.69) is 10.6 Å². The van der Waals surface area contributed by atoms with Crippen molar-refractivity contribution in [3.05, 3.63) is 121 Å². The minimum Gasteiger partial charge on any atom is -0.348 e. The lowest BCUT2D eigenvalue weighted by Gasteiger charge is -2.42. The number of ketones is 1. The van der Waals surface area contributed by atoms with Gasteiger partial charge in [-0.1, -0.05) is 66.7 Å². The summed E-state index contributed by atoms with van der Waals surface area (Å²) < 4.78 is 0. The number of carbonyl (C=O) groups excluding carboxylic acids is 2. The van der Waals surface area contributed by atoms with E-state index in [0.717, 1.165) is 0 Å². The van der Waals surface area contributed by atoms with Crippen LogP contribution < -0.4 is 15.5 Å². The van der Waals surface area contributed by atoms with Crippen LogP contribution >= 0.6 is 0 Å². The van der Waals surface area contributed by atoms with Crippen molar-refractivity contribution in [3.63, 3.8) is 0 Å². The van der Waals surface area contributed by atoms with Gasteiger partial charge < -0.3 is 10.6 Å². The molecular weight excluding hydrogens is 398 g/mol. The van der Waals surface area contributed by atoms with Crippen LogP contribution in [0, 0.1) is 0 Å². The maximum absolute atomic E-state index is 14.2. The lowest BCUT2D eigenvalue weighted by molar-refractivity contribution is -0.120. The molecule has 1 amide bonds. The second kappa shape index (κ2) is 8.04. The van der Waals surface area contributed by atoms with Gasteiger partial charge in [0.25, 0.3) is 11.6 Å². The summed E-state index contributed by atoms with van der Waals surface area (Å²) in [5, 5.41) is 6.46. The molecular formula is C27H21N3O2. The molecule has 1 heterocycles. The summed E-state index contributed by atoms with van der Waals surface area (Å²) in [4.78, 5) is 29.8. The summed E-state index contributed by atoms with van der Waals surface area (Å²) in [5.74, 6) is -0.738. The third-order valence-electron chi connectivity index (χ3n) is 5.48. The third-order valence-corrected chi connectivity index (χ3v) is 5.48. The van der Waals surface area contributed by atoms with Crippen molar-refractivity contribution in [2.24, 2.45) is 0 Å². The van der Waals surface area contributed by atoms with E-state index in [0.29, 0.717) is 28.3 Å². The number of nitrogens with one attached hydrogen (secondary N) is 2. The molecule has 4 aromatic rings. The van der Waals surface area contributed by atoms with Crippen LogP contribution in [0.3, 0.4) is 0 Å². The van der Waals surface area contributed by atoms with E-state index < -0.39 is 11.6 Å². The fourth-order valence-corrected chi connectivity index (χ4v) is 4.00. The number of carbonyl (C=O) groups is 2. The minimum absolute atomic E-state index is 0.335. The van der Waals surface area contributed by atoms with Crippen LogP contribution in [0.4, 0.5) is 22.7 Å². The van der Waals surface area contributed by atoms with Gasteiger partial charge in [-0.2, -0.15) is 0 Å². The van der Waals surface area contributed by atoms with E-state index in [-0.39, 0.29) is 5.78 Å². The van der Waals surface area contributed by atoms with Gasteiger partial charge in [-0.05, 0) is 48.5 Å². The first-order valence-corrected chi connectivity index (χ1v) is 10.4. The molecule has 32 heavy (non-hydrogen) atoms. The molecule has 4 aromatic carbocycles. The molecule has 5 nitrogen and oxygen atoms in total. The fourth-order valence-electron chi connectivity index (χ4n) is 4.00. The number of Topliss-reactive ketones (excluding diaryl/α,β-unsaturated/α-hetero) is 1. The predicted octanol–water partition coefficient (Wildman–Crippen LogP) is 5.47. The molecule has 0 saturated heterocycles. The molecule has 0 radical (unpaired) electrons. The third kappa shape index (κ3) is 3.30. The lowest BCUT2D eigenvalue weighted by Crippen LogP contribution is -2.66. The van der Waals surface area contributed by atoms with Crippen LogP contribution in [0.25, 0.3) is 0 Å². The molecule has 1 aliphatic rings. The van der Waals surface area contributed by atoms with E-state index in [1.165, 1.54) is 0 Å². The summed E-state index contributed by atoms with van der Waals surface area (Å²) in [6.45, 7) is 0. The first-order chi connectivity index (χ1) is 15.7. The van der Waals surface area contributed by atoms with Crippen molar-refractivity contribution in [1.82, 2.24) is 0 Å². The van der Waals surface area contributed by atoms with Crippen molar-refractivity contribution >= 4 is 34.4 Å². The highest BCUT2D eigenvalue weighted by Gasteiger charge is 2.54. The van der Waals surface area contributed by atoms with E-state index >= 15 is 0 Å². The summed E-state index contributed by atoms with van der Waals surface area (Å²) in [6.07, 6.45) is 0. The monoisotopic (exact) mass is 419 g/mol. The number of amides is 1. The number of hydrogen-bond donors (Lipinski definition) is 2. The molecule has 0 saturated carbocycles. The van der Waals surface area contributed by atoms with Gasteiger partial charge >= 0.3 is 0 Å². The molecule has 0 aliphatic carbocycles. The lowest BCUT2D eigenvalue weighted by atomic mass is 9.88. The van der Waals surface area contributed by atoms with E-state index in [9.17, 15) is 9.59 Å². The number of para-hydroxylation sites is 4. The Labute approximate surface area is 186 Å². The summed E-state index contributed by atoms with van der Waals surface area (Å²) >= 11 is 0. The highest BCUT2D eigenvalue weighted by molar-refractivity contribution is 6.32. The van der Waals surface area contributed by atoms with E-state index in [4.69, 9.17) is 0 Å². The molecule has 5 heteroatoms. The van der Waals surface area contributed by atoms with Gasteiger partial charge in [-0.15, -0.1) is 0 Å². The molecule has 0 aromatic heterocycles. The highest BCUT2D eigenvalue weighted by Crippen LogP contribution is 2.39. The Balaban J connectivity index is 1.73. The van der Waals surface area contributed by atoms with E-state index in [1.54, 1.807) is 17.0 Å². The van der Waals surface area contributed by atoms with Crippen LogP contribution in [0.15, 0.2) is 115 Å². The molecule has 0 atom stereocenters. The predicted molar refractivity (Wildman–Crippen MR) is 127 cm³/mol. The molecule has 0 bridgehead atoms. The quantitative estimate of drug-likeness (QED) is 0.333. The second-order valence-corrected chi connectivity index (χ2v) is 7.55. The normalized spacial score (nSPS) is 14.6. The molecule has 5 rings (SSSR count). The van der Waals surface area contributed by atoms with Gasteiger partial charge in [-0.25, -0.2) is 0 Å². The first kappa shape index (κ1) is 19.6. The number of benzene rings is 4. The van der Waals surface area contributed by atoms with Gasteiger partial charge in [0.2, 0.25) is 5.78 Å². The maximum atomic E-state index is 14.2. The van der Waals surface area contributed by atoms with Gasteiger partial charge in [0, 0.05) is 22.6 Å². The Kier molecular flexibility index (Phi) is 4.92. The zero-order chi connectivity index (χ0) is 22.0. The number of nitrogens with zero attached hydrogens (tertiary/aromatic N) is 1. The zero-order valence-electron chi connectivity index (χ0n) is 17.2. The summed E-state index contributed by atoms with van der Waals surface area (Å²) in [6, 6.07) is 35.1. The Morgan fingerprint density at radius 2 is 1.03 bits per heavy atom. The highest BCUT2D eigenvalue weighted by atomic mass is 16.2. The number of anilines is 4. The zero-order valence-corrected chi connectivity index (χ0v) is 17.2. The molecule has 0 spiro atoms. The topological polar surface area (TPSA) is 61.4 Å². The minimum atomic E-state index is -1.73. The average molecular weight is 419 g/mol. The van der Waals surface area contributed by atoms with Crippen molar-refractivity contribution in [2.75, 3.05) is 15.5 Å². The first-order valence-electron chi connectivity index (χ1n) is 10.4. The average Bonchev–Trinajstić information content (AvgIpc) is 2.85. The van der Waals surface area contributed by atoms with Crippen molar-refractivity contribution in [1.29, 1.82) is 0 Å². The number of fused-ring (bicyclic) bond motifs is 1. The van der Waals surface area contributed by atoms with Gasteiger partial charge in [-0.3, -0.25) is 14.5 Å². The Morgan fingerprint density at radius 1 is 0.562 bits per heavy atom. The Morgan fingerprint density at radius 3 is 1.59 bits per heavy atom. The largest absolute Gasteiger partial charge is 0.348 e. The van der Waals surface area contributed by atoms with Gasteiger partial charge in [0.05, 0.1) is 5.69 Å². The summed E-state index contributed by atoms with van der Waals surface area (Å²) in [5.41, 5.74) is 1.30. The molecule has 2 N–H and O–H groups in total. The number of rotatable bonds is 5. The Hall–Kier alpha value is -4.38. The van der Waals surface area contributed by atoms with Crippen LogP contribution in [0.1, 0.15) is 10.4 Å². The van der Waals surface area contributed by atoms with Crippen LogP contribution in [0.5, 0.6) is 0 Å². The summed E-state index contributed by atoms with van der Waals surface area (Å²) in [7, 11) is 0. The van der Waals surface area contributed by atoms with Crippen molar-refractivity contribution < 1.29 is 9.59 Å². The second-order valence-electron chi connectivity index (χ2n) is 7.55. The van der Waals surface area contributed by atoms with Crippen molar-refractivity contribution in [2.45, 2.75) is 5.66 Å². The molecule has 0 unspecified atom stereocenters. The number of hydrogen-bond acceptors (Lipinski definition) is 4. The smallest absolute Gasteiger partial charge is 0.286 e. The van der Waals surface area contributed by atoms with E-state index in [1.807, 2.05) is 103 Å². The molecule has 156 valence electrons. The molecule has 1 aliphatic heterocycles.